The predicted molar refractivity (Wildman–Crippen MR) is 86.1 cm³/mol. The molecule has 0 saturated carbocycles. The first-order valence-electron chi connectivity index (χ1n) is 7.17. The molecule has 1 aromatic heterocycles. The van der Waals surface area contributed by atoms with E-state index in [-0.39, 0.29) is 12.3 Å². The summed E-state index contributed by atoms with van der Waals surface area (Å²) < 4.78 is 4.76. The molecule has 5 nitrogen and oxygen atoms in total. The zero-order valence-electron chi connectivity index (χ0n) is 12.5. The Morgan fingerprint density at radius 2 is 2.13 bits per heavy atom. The first-order chi connectivity index (χ1) is 11.1. The quantitative estimate of drug-likeness (QED) is 0.641. The summed E-state index contributed by atoms with van der Waals surface area (Å²) in [6.45, 7) is 0.349. The molecule has 1 unspecified atom stereocenters. The van der Waals surface area contributed by atoms with Crippen LogP contribution in [0.5, 0.6) is 0 Å². The number of aromatic nitrogens is 1. The van der Waals surface area contributed by atoms with Gasteiger partial charge in [0.1, 0.15) is 5.92 Å². The number of carbonyl (C=O) groups is 2. The Labute approximate surface area is 138 Å². The molecule has 3 rings (SSSR count). The second kappa shape index (κ2) is 6.38. The molecular weight excluding hydrogens is 316 g/mol. The molecule has 0 saturated heterocycles. The molecular formula is C17H15ClN2O3. The van der Waals surface area contributed by atoms with Crippen LogP contribution in [0.3, 0.4) is 0 Å². The van der Waals surface area contributed by atoms with Crippen LogP contribution < -0.4 is 4.90 Å². The van der Waals surface area contributed by atoms with Gasteiger partial charge in [-0.25, -0.2) is 0 Å². The number of amides is 1. The van der Waals surface area contributed by atoms with E-state index in [1.165, 1.54) is 13.3 Å². The molecule has 1 atom stereocenters. The number of carbonyl (C=O) groups excluding carboxylic acids is 2. The van der Waals surface area contributed by atoms with Crippen LogP contribution in [-0.4, -0.2) is 24.0 Å². The fraction of sp³-hybridized carbons (Fsp3) is 0.235. The van der Waals surface area contributed by atoms with E-state index in [9.17, 15) is 9.59 Å². The normalized spacial score (nSPS) is 16.9. The van der Waals surface area contributed by atoms with Crippen LogP contribution in [0.1, 0.15) is 11.3 Å². The monoisotopic (exact) mass is 330 g/mol. The van der Waals surface area contributed by atoms with Gasteiger partial charge in [0, 0.05) is 12.6 Å². The molecule has 6 heteroatoms. The maximum absolute atomic E-state index is 12.8. The van der Waals surface area contributed by atoms with E-state index in [0.29, 0.717) is 22.9 Å². The molecule has 1 amide bonds. The third kappa shape index (κ3) is 3.05. The van der Waals surface area contributed by atoms with Crippen molar-refractivity contribution in [1.82, 2.24) is 4.98 Å². The van der Waals surface area contributed by atoms with Crippen molar-refractivity contribution in [3.05, 3.63) is 58.9 Å². The fourth-order valence-electron chi connectivity index (χ4n) is 2.69. The van der Waals surface area contributed by atoms with Crippen molar-refractivity contribution in [1.29, 1.82) is 0 Å². The predicted octanol–water partition coefficient (Wildman–Crippen LogP) is 2.61. The molecule has 2 heterocycles. The summed E-state index contributed by atoms with van der Waals surface area (Å²) in [7, 11) is 1.28. The number of anilines is 1. The number of hydrogen-bond acceptors (Lipinski definition) is 4. The Hall–Kier alpha value is -2.40. The van der Waals surface area contributed by atoms with Crippen molar-refractivity contribution < 1.29 is 14.3 Å². The van der Waals surface area contributed by atoms with Crippen LogP contribution in [0.2, 0.25) is 5.02 Å². The highest BCUT2D eigenvalue weighted by molar-refractivity contribution is 6.30. The zero-order valence-corrected chi connectivity index (χ0v) is 13.3. The maximum atomic E-state index is 12.8. The van der Waals surface area contributed by atoms with Crippen LogP contribution >= 0.6 is 11.6 Å². The maximum Gasteiger partial charge on any atom is 0.318 e. The topological polar surface area (TPSA) is 59.5 Å². The van der Waals surface area contributed by atoms with Gasteiger partial charge in [-0.3, -0.25) is 14.6 Å². The van der Waals surface area contributed by atoms with Crippen molar-refractivity contribution in [3.63, 3.8) is 0 Å². The molecule has 118 valence electrons. The van der Waals surface area contributed by atoms with E-state index in [1.54, 1.807) is 11.0 Å². The van der Waals surface area contributed by atoms with Gasteiger partial charge < -0.3 is 9.64 Å². The van der Waals surface area contributed by atoms with Crippen LogP contribution in [-0.2, 0) is 27.3 Å². The summed E-state index contributed by atoms with van der Waals surface area (Å²) in [5.74, 6) is -1.71. The number of hydrogen-bond donors (Lipinski definition) is 0. The molecule has 0 spiro atoms. The van der Waals surface area contributed by atoms with Crippen molar-refractivity contribution in [2.45, 2.75) is 13.0 Å². The van der Waals surface area contributed by atoms with Crippen LogP contribution in [0, 0.1) is 5.92 Å². The van der Waals surface area contributed by atoms with Gasteiger partial charge in [0.25, 0.3) is 0 Å². The summed E-state index contributed by atoms with van der Waals surface area (Å²) in [6.07, 6.45) is 1.74. The molecule has 23 heavy (non-hydrogen) atoms. The minimum atomic E-state index is -0.870. The molecule has 1 aliphatic rings. The van der Waals surface area contributed by atoms with E-state index < -0.39 is 11.9 Å². The number of pyridine rings is 1. The number of rotatable bonds is 3. The number of esters is 1. The molecule has 0 aliphatic carbocycles. The lowest BCUT2D eigenvalue weighted by molar-refractivity contribution is -0.149. The SMILES string of the molecule is COC(=O)C1Cc2ncc(Cl)cc2N(Cc2ccccc2)C1=O. The Morgan fingerprint density at radius 3 is 2.83 bits per heavy atom. The zero-order chi connectivity index (χ0) is 16.4. The Kier molecular flexibility index (Phi) is 4.30. The molecule has 0 N–H and O–H groups in total. The fourth-order valence-corrected chi connectivity index (χ4v) is 2.84. The van der Waals surface area contributed by atoms with Crippen molar-refractivity contribution >= 4 is 29.2 Å². The van der Waals surface area contributed by atoms with E-state index in [0.717, 1.165) is 5.56 Å². The van der Waals surface area contributed by atoms with Gasteiger partial charge >= 0.3 is 5.97 Å². The Bertz CT molecular complexity index is 749. The van der Waals surface area contributed by atoms with E-state index in [1.807, 2.05) is 30.3 Å². The van der Waals surface area contributed by atoms with E-state index >= 15 is 0 Å². The van der Waals surface area contributed by atoms with Gasteiger partial charge in [-0.15, -0.1) is 0 Å². The second-order valence-corrected chi connectivity index (χ2v) is 5.75. The minimum Gasteiger partial charge on any atom is -0.468 e. The van der Waals surface area contributed by atoms with Crippen LogP contribution in [0.4, 0.5) is 5.69 Å². The minimum absolute atomic E-state index is 0.225. The van der Waals surface area contributed by atoms with Crippen molar-refractivity contribution in [2.24, 2.45) is 5.92 Å². The first-order valence-corrected chi connectivity index (χ1v) is 7.55. The van der Waals surface area contributed by atoms with Crippen LogP contribution in [0.15, 0.2) is 42.6 Å². The van der Waals surface area contributed by atoms with Gasteiger partial charge in [0.15, 0.2) is 0 Å². The number of fused-ring (bicyclic) bond motifs is 1. The van der Waals surface area contributed by atoms with Crippen LogP contribution in [0.25, 0.3) is 0 Å². The number of methoxy groups -OCH3 is 1. The number of nitrogens with zero attached hydrogens (tertiary/aromatic N) is 2. The molecule has 0 fully saturated rings. The van der Waals surface area contributed by atoms with Gasteiger partial charge in [-0.2, -0.15) is 0 Å². The van der Waals surface area contributed by atoms with E-state index in [2.05, 4.69) is 4.98 Å². The third-order valence-corrected chi connectivity index (χ3v) is 4.04. The molecule has 1 aliphatic heterocycles. The summed E-state index contributed by atoms with van der Waals surface area (Å²) in [5, 5.41) is 0.450. The lowest BCUT2D eigenvalue weighted by Crippen LogP contribution is -2.44. The molecule has 0 radical (unpaired) electrons. The summed E-state index contributed by atoms with van der Waals surface area (Å²) in [5.41, 5.74) is 2.27. The first kappa shape index (κ1) is 15.5. The molecule has 1 aromatic carbocycles. The highest BCUT2D eigenvalue weighted by Gasteiger charge is 2.39. The lowest BCUT2D eigenvalue weighted by atomic mass is 9.94. The average molecular weight is 331 g/mol. The van der Waals surface area contributed by atoms with Gasteiger partial charge in [-0.05, 0) is 11.6 Å². The average Bonchev–Trinajstić information content (AvgIpc) is 2.57. The van der Waals surface area contributed by atoms with Crippen molar-refractivity contribution in [2.75, 3.05) is 12.0 Å². The van der Waals surface area contributed by atoms with Gasteiger partial charge in [0.2, 0.25) is 5.91 Å². The summed E-state index contributed by atoms with van der Waals surface area (Å²) in [4.78, 5) is 30.5. The second-order valence-electron chi connectivity index (χ2n) is 5.31. The smallest absolute Gasteiger partial charge is 0.318 e. The lowest BCUT2D eigenvalue weighted by Gasteiger charge is -2.32. The Morgan fingerprint density at radius 1 is 1.39 bits per heavy atom. The standard InChI is InChI=1S/C17H15ClN2O3/c1-23-17(22)13-8-14-15(7-12(18)9-19-14)20(16(13)21)10-11-5-3-2-4-6-11/h2-7,9,13H,8,10H2,1H3. The number of benzene rings is 1. The van der Waals surface area contributed by atoms with Crippen molar-refractivity contribution in [3.8, 4) is 0 Å². The summed E-state index contributed by atoms with van der Waals surface area (Å²) in [6, 6.07) is 11.3. The van der Waals surface area contributed by atoms with E-state index in [4.69, 9.17) is 16.3 Å². The summed E-state index contributed by atoms with van der Waals surface area (Å²) >= 11 is 6.03. The van der Waals surface area contributed by atoms with Gasteiger partial charge in [-0.1, -0.05) is 41.9 Å². The highest BCUT2D eigenvalue weighted by atomic mass is 35.5. The number of ether oxygens (including phenoxy) is 1. The molecule has 0 bridgehead atoms. The largest absolute Gasteiger partial charge is 0.468 e. The highest BCUT2D eigenvalue weighted by Crippen LogP contribution is 2.33. The number of halogens is 1. The molecule has 2 aromatic rings. The van der Waals surface area contributed by atoms with Gasteiger partial charge in [0.05, 0.1) is 30.1 Å². The third-order valence-electron chi connectivity index (χ3n) is 3.84. The Balaban J connectivity index is 2.02.